The molecule has 2 aromatic rings. The molecule has 1 heterocycles. The van der Waals surface area contributed by atoms with Crippen LogP contribution in [0.4, 0.5) is 0 Å². The normalized spacial score (nSPS) is 17.7. The topological polar surface area (TPSA) is 89.1 Å². The van der Waals surface area contributed by atoms with E-state index < -0.39 is 5.92 Å². The van der Waals surface area contributed by atoms with E-state index in [9.17, 15) is 14.4 Å². The number of hydrogen-bond acceptors (Lipinski definition) is 5. The number of nitrogens with one attached hydrogen (secondary N) is 1. The Labute approximate surface area is 158 Å². The number of rotatable bonds is 7. The Morgan fingerprint density at radius 2 is 2.04 bits per heavy atom. The Kier molecular flexibility index (Phi) is 5.84. The van der Waals surface area contributed by atoms with Crippen LogP contribution in [0.2, 0.25) is 0 Å². The summed E-state index contributed by atoms with van der Waals surface area (Å²) in [7, 11) is 0. The third kappa shape index (κ3) is 4.70. The second kappa shape index (κ2) is 8.29. The molecule has 0 amide bonds. The fourth-order valence-electron chi connectivity index (χ4n) is 3.35. The number of nitrogens with zero attached hydrogens (tertiary/aromatic N) is 1. The van der Waals surface area contributed by atoms with Crippen LogP contribution in [0.25, 0.3) is 0 Å². The number of Topliss-reactive ketones (excluding diaryl/α,β-unsaturated/α-hetero) is 2. The van der Waals surface area contributed by atoms with Gasteiger partial charge in [-0.1, -0.05) is 24.3 Å². The highest BCUT2D eigenvalue weighted by atomic mass is 16.5. The van der Waals surface area contributed by atoms with E-state index in [1.807, 2.05) is 24.3 Å². The highest BCUT2D eigenvalue weighted by Gasteiger charge is 2.24. The average molecular weight is 368 g/mol. The molecule has 1 aliphatic rings. The maximum atomic E-state index is 12.3. The molecule has 2 atom stereocenters. The van der Waals surface area contributed by atoms with Crippen LogP contribution in [0.15, 0.2) is 30.5 Å². The van der Waals surface area contributed by atoms with Crippen LogP contribution in [-0.4, -0.2) is 27.5 Å². The van der Waals surface area contributed by atoms with Gasteiger partial charge >= 0.3 is 5.97 Å². The minimum atomic E-state index is -0.401. The average Bonchev–Trinajstić information content (AvgIpc) is 3.29. The van der Waals surface area contributed by atoms with Gasteiger partial charge in [0.2, 0.25) is 0 Å². The van der Waals surface area contributed by atoms with Crippen LogP contribution >= 0.6 is 0 Å². The number of hydrogen-bond donors (Lipinski definition) is 1. The van der Waals surface area contributed by atoms with Crippen LogP contribution in [0.3, 0.4) is 0 Å². The number of benzene rings is 1. The lowest BCUT2D eigenvalue weighted by Crippen LogP contribution is -2.14. The molecule has 0 aliphatic heterocycles. The number of aromatic amines is 1. The SMILES string of the molecule is CC(=O)c1ncc(COC(=O)[C@H](C)c2ccc(CC3CCCC3=O)cc2)[nH]1. The van der Waals surface area contributed by atoms with Crippen LogP contribution in [0.1, 0.15) is 66.5 Å². The summed E-state index contributed by atoms with van der Waals surface area (Å²) in [6.07, 6.45) is 4.94. The summed E-state index contributed by atoms with van der Waals surface area (Å²) in [6.45, 7) is 3.26. The molecule has 1 saturated carbocycles. The molecule has 6 nitrogen and oxygen atoms in total. The molecule has 142 valence electrons. The number of aromatic nitrogens is 2. The lowest BCUT2D eigenvalue weighted by atomic mass is 9.94. The number of imidazole rings is 1. The Balaban J connectivity index is 1.54. The first kappa shape index (κ1) is 19.0. The molecular weight excluding hydrogens is 344 g/mol. The maximum absolute atomic E-state index is 12.3. The maximum Gasteiger partial charge on any atom is 0.313 e. The minimum Gasteiger partial charge on any atom is -0.459 e. The molecule has 27 heavy (non-hydrogen) atoms. The molecule has 1 aliphatic carbocycles. The van der Waals surface area contributed by atoms with E-state index in [0.717, 1.165) is 30.4 Å². The molecule has 3 rings (SSSR count). The van der Waals surface area contributed by atoms with Crippen molar-refractivity contribution < 1.29 is 19.1 Å². The Morgan fingerprint density at radius 1 is 1.30 bits per heavy atom. The Hall–Kier alpha value is -2.76. The zero-order valence-corrected chi connectivity index (χ0v) is 15.7. The number of esters is 1. The number of carbonyl (C=O) groups is 3. The summed E-state index contributed by atoms with van der Waals surface area (Å²) in [4.78, 5) is 42.1. The van der Waals surface area contributed by atoms with Gasteiger partial charge in [0, 0.05) is 19.3 Å². The minimum absolute atomic E-state index is 0.0470. The fourth-order valence-corrected chi connectivity index (χ4v) is 3.35. The van der Waals surface area contributed by atoms with Crippen molar-refractivity contribution in [2.24, 2.45) is 5.92 Å². The van der Waals surface area contributed by atoms with Gasteiger partial charge in [-0.15, -0.1) is 0 Å². The lowest BCUT2D eigenvalue weighted by Gasteiger charge is -2.13. The summed E-state index contributed by atoms with van der Waals surface area (Å²) in [5, 5.41) is 0. The van der Waals surface area contributed by atoms with E-state index in [1.165, 1.54) is 13.1 Å². The molecule has 0 radical (unpaired) electrons. The van der Waals surface area contributed by atoms with Gasteiger partial charge in [-0.3, -0.25) is 14.4 Å². The first-order valence-corrected chi connectivity index (χ1v) is 9.27. The zero-order valence-electron chi connectivity index (χ0n) is 15.7. The second-order valence-corrected chi connectivity index (χ2v) is 7.14. The van der Waals surface area contributed by atoms with E-state index in [1.54, 1.807) is 6.92 Å². The monoisotopic (exact) mass is 368 g/mol. The van der Waals surface area contributed by atoms with Gasteiger partial charge in [0.25, 0.3) is 0 Å². The van der Waals surface area contributed by atoms with Gasteiger partial charge in [-0.25, -0.2) is 4.98 Å². The molecule has 0 saturated heterocycles. The van der Waals surface area contributed by atoms with Crippen molar-refractivity contribution in [3.05, 3.63) is 53.1 Å². The second-order valence-electron chi connectivity index (χ2n) is 7.14. The largest absolute Gasteiger partial charge is 0.459 e. The van der Waals surface area contributed by atoms with Crippen molar-refractivity contribution in [1.82, 2.24) is 9.97 Å². The number of ketones is 2. The van der Waals surface area contributed by atoms with Crippen molar-refractivity contribution >= 4 is 17.5 Å². The molecule has 1 aromatic carbocycles. The zero-order chi connectivity index (χ0) is 19.4. The predicted molar refractivity (Wildman–Crippen MR) is 99.3 cm³/mol. The summed E-state index contributed by atoms with van der Waals surface area (Å²) in [6, 6.07) is 7.81. The number of carbonyl (C=O) groups excluding carboxylic acids is 3. The molecular formula is C21H24N2O4. The highest BCUT2D eigenvalue weighted by molar-refractivity contribution is 5.90. The Morgan fingerprint density at radius 3 is 2.63 bits per heavy atom. The van der Waals surface area contributed by atoms with Gasteiger partial charge < -0.3 is 9.72 Å². The molecule has 1 N–H and O–H groups in total. The van der Waals surface area contributed by atoms with Gasteiger partial charge in [0.15, 0.2) is 11.6 Å². The van der Waals surface area contributed by atoms with E-state index in [4.69, 9.17) is 4.74 Å². The van der Waals surface area contributed by atoms with Crippen molar-refractivity contribution in [3.8, 4) is 0 Å². The molecule has 1 fully saturated rings. The first-order chi connectivity index (χ1) is 12.9. The van der Waals surface area contributed by atoms with E-state index in [2.05, 4.69) is 9.97 Å². The van der Waals surface area contributed by atoms with E-state index >= 15 is 0 Å². The van der Waals surface area contributed by atoms with E-state index in [0.29, 0.717) is 17.9 Å². The highest BCUT2D eigenvalue weighted by Crippen LogP contribution is 2.26. The van der Waals surface area contributed by atoms with Crippen molar-refractivity contribution in [1.29, 1.82) is 0 Å². The molecule has 6 heteroatoms. The fraction of sp³-hybridized carbons (Fsp3) is 0.429. The molecule has 1 aromatic heterocycles. The van der Waals surface area contributed by atoms with Gasteiger partial charge in [-0.05, 0) is 37.3 Å². The van der Waals surface area contributed by atoms with Crippen molar-refractivity contribution in [3.63, 3.8) is 0 Å². The summed E-state index contributed by atoms with van der Waals surface area (Å²) < 4.78 is 5.32. The van der Waals surface area contributed by atoms with Crippen LogP contribution in [0, 0.1) is 5.92 Å². The van der Waals surface area contributed by atoms with Gasteiger partial charge in [0.05, 0.1) is 17.8 Å². The molecule has 1 unspecified atom stereocenters. The molecule has 0 bridgehead atoms. The Bertz CT molecular complexity index is 838. The molecule has 0 spiro atoms. The number of H-pyrrole nitrogens is 1. The van der Waals surface area contributed by atoms with Crippen LogP contribution < -0.4 is 0 Å². The standard InChI is InChI=1S/C21H24N2O4/c1-13(21(26)27-12-18-11-22-20(23-18)14(2)24)16-8-6-15(7-9-16)10-17-4-3-5-19(17)25/h6-9,11,13,17H,3-5,10,12H2,1-2H3,(H,22,23)/t13-,17?/m1/s1. The third-order valence-electron chi connectivity index (χ3n) is 5.08. The van der Waals surface area contributed by atoms with Gasteiger partial charge in [-0.2, -0.15) is 0 Å². The van der Waals surface area contributed by atoms with Crippen LogP contribution in [0.5, 0.6) is 0 Å². The first-order valence-electron chi connectivity index (χ1n) is 9.27. The third-order valence-corrected chi connectivity index (χ3v) is 5.08. The van der Waals surface area contributed by atoms with E-state index in [-0.39, 0.29) is 30.1 Å². The predicted octanol–water partition coefficient (Wildman–Crippen LogP) is 3.37. The quantitative estimate of drug-likeness (QED) is 0.598. The number of ether oxygens (including phenoxy) is 1. The van der Waals surface area contributed by atoms with Gasteiger partial charge in [0.1, 0.15) is 12.4 Å². The van der Waals surface area contributed by atoms with Crippen molar-refractivity contribution in [2.75, 3.05) is 0 Å². The summed E-state index contributed by atoms with van der Waals surface area (Å²) in [5.74, 6) is -0.142. The van der Waals surface area contributed by atoms with Crippen LogP contribution in [-0.2, 0) is 27.4 Å². The smallest absolute Gasteiger partial charge is 0.313 e. The summed E-state index contributed by atoms with van der Waals surface area (Å²) >= 11 is 0. The summed E-state index contributed by atoms with van der Waals surface area (Å²) in [5.41, 5.74) is 2.57. The lowest BCUT2D eigenvalue weighted by molar-refractivity contribution is -0.146. The van der Waals surface area contributed by atoms with Crippen molar-refractivity contribution in [2.45, 2.75) is 52.1 Å².